The summed E-state index contributed by atoms with van der Waals surface area (Å²) in [6.45, 7) is 7.98. The third-order valence-electron chi connectivity index (χ3n) is 4.85. The molecule has 0 fully saturated rings. The summed E-state index contributed by atoms with van der Waals surface area (Å²) in [5.74, 6) is -11.3. The molecular weight excluding hydrogens is 462 g/mol. The van der Waals surface area contributed by atoms with Crippen LogP contribution in [0.15, 0.2) is 46.1 Å². The predicted octanol–water partition coefficient (Wildman–Crippen LogP) is 5.66. The number of hydrogen-bond donors (Lipinski definition) is 0. The van der Waals surface area contributed by atoms with Crippen molar-refractivity contribution in [3.8, 4) is 16.9 Å². The second kappa shape index (κ2) is 9.32. The van der Waals surface area contributed by atoms with Crippen LogP contribution in [-0.2, 0) is 9.53 Å². The Morgan fingerprint density at radius 1 is 1.06 bits per heavy atom. The number of benzene rings is 2. The van der Waals surface area contributed by atoms with E-state index in [2.05, 4.69) is 6.58 Å². The summed E-state index contributed by atoms with van der Waals surface area (Å²) < 4.78 is 84.9. The van der Waals surface area contributed by atoms with E-state index in [-0.39, 0.29) is 16.7 Å². The molecule has 5 nitrogen and oxygen atoms in total. The zero-order valence-corrected chi connectivity index (χ0v) is 18.3. The lowest BCUT2D eigenvalue weighted by Crippen LogP contribution is -2.34. The van der Waals surface area contributed by atoms with Crippen molar-refractivity contribution in [1.82, 2.24) is 0 Å². The monoisotopic (exact) mass is 480 g/mol. The number of ether oxygens (including phenoxy) is 1. The Morgan fingerprint density at radius 2 is 1.65 bits per heavy atom. The fraction of sp³-hybridized carbons (Fsp3) is 0.217. The van der Waals surface area contributed by atoms with Crippen molar-refractivity contribution in [2.24, 2.45) is 0 Å². The SMILES string of the molecule is C=CC(=O)OC(C)(C)CB(C)Oc1ccc2cc(-c3c(F)c(F)c(F)c(F)c3F)c(=O)oc2c1. The second-order valence-corrected chi connectivity index (χ2v) is 8.11. The van der Waals surface area contributed by atoms with Gasteiger partial charge in [-0.1, -0.05) is 6.58 Å². The van der Waals surface area contributed by atoms with Crippen LogP contribution >= 0.6 is 0 Å². The van der Waals surface area contributed by atoms with E-state index in [0.717, 1.165) is 12.1 Å². The third-order valence-corrected chi connectivity index (χ3v) is 4.85. The van der Waals surface area contributed by atoms with Gasteiger partial charge < -0.3 is 13.8 Å². The van der Waals surface area contributed by atoms with Gasteiger partial charge in [0.05, 0.1) is 11.1 Å². The van der Waals surface area contributed by atoms with E-state index in [1.54, 1.807) is 20.7 Å². The Labute approximate surface area is 190 Å². The first-order valence-corrected chi connectivity index (χ1v) is 9.96. The second-order valence-electron chi connectivity index (χ2n) is 8.11. The van der Waals surface area contributed by atoms with Gasteiger partial charge in [0, 0.05) is 23.8 Å². The van der Waals surface area contributed by atoms with Crippen LogP contribution in [0.2, 0.25) is 13.1 Å². The van der Waals surface area contributed by atoms with Gasteiger partial charge in [-0.2, -0.15) is 0 Å². The van der Waals surface area contributed by atoms with Gasteiger partial charge in [-0.05, 0) is 38.9 Å². The number of carbonyl (C=O) groups excluding carboxylic acids is 1. The van der Waals surface area contributed by atoms with E-state index >= 15 is 0 Å². The minimum atomic E-state index is -2.33. The molecule has 34 heavy (non-hydrogen) atoms. The summed E-state index contributed by atoms with van der Waals surface area (Å²) in [5.41, 5.74) is -4.42. The van der Waals surface area contributed by atoms with Crippen molar-refractivity contribution in [2.75, 3.05) is 0 Å². The number of halogens is 5. The molecule has 0 atom stereocenters. The van der Waals surface area contributed by atoms with Crippen molar-refractivity contribution < 1.29 is 40.6 Å². The van der Waals surface area contributed by atoms with Gasteiger partial charge in [0.25, 0.3) is 0 Å². The standard InChI is InChI=1S/C23H18BF5O5/c1-5-15(30)33-23(2,3)10-24(4)34-12-7-6-11-8-13(22(31)32-14(11)9-12)16-17(25)19(27)21(29)20(28)18(16)26/h5-9H,1,10H2,2-4H3. The number of esters is 1. The summed E-state index contributed by atoms with van der Waals surface area (Å²) in [6.07, 6.45) is 1.34. The highest BCUT2D eigenvalue weighted by atomic mass is 19.2. The minimum Gasteiger partial charge on any atom is -0.561 e. The molecule has 0 saturated carbocycles. The number of fused-ring (bicyclic) bond motifs is 1. The van der Waals surface area contributed by atoms with Crippen molar-refractivity contribution in [2.45, 2.75) is 32.6 Å². The molecule has 0 aliphatic carbocycles. The molecule has 2 aromatic carbocycles. The van der Waals surface area contributed by atoms with Crippen LogP contribution in [0.25, 0.3) is 22.1 Å². The number of hydrogen-bond acceptors (Lipinski definition) is 5. The molecule has 0 spiro atoms. The van der Waals surface area contributed by atoms with E-state index in [1.165, 1.54) is 18.2 Å². The summed E-state index contributed by atoms with van der Waals surface area (Å²) in [5, 5.41) is 0.152. The van der Waals surface area contributed by atoms with E-state index < -0.39 is 64.3 Å². The molecule has 1 aromatic heterocycles. The van der Waals surface area contributed by atoms with E-state index in [1.807, 2.05) is 0 Å². The number of carbonyl (C=O) groups is 1. The molecular formula is C23H18BF5O5. The summed E-state index contributed by atoms with van der Waals surface area (Å²) in [7, 11) is 0. The van der Waals surface area contributed by atoms with Gasteiger partial charge >= 0.3 is 18.5 Å². The van der Waals surface area contributed by atoms with Crippen LogP contribution in [0.5, 0.6) is 5.75 Å². The minimum absolute atomic E-state index is 0.0420. The molecule has 0 unspecified atom stereocenters. The molecule has 0 aliphatic rings. The van der Waals surface area contributed by atoms with Crippen LogP contribution in [0, 0.1) is 29.1 Å². The van der Waals surface area contributed by atoms with Crippen molar-refractivity contribution in [3.63, 3.8) is 0 Å². The molecule has 1 heterocycles. The Morgan fingerprint density at radius 3 is 2.24 bits per heavy atom. The van der Waals surface area contributed by atoms with Gasteiger partial charge in [-0.3, -0.25) is 0 Å². The summed E-state index contributed by atoms with van der Waals surface area (Å²) >= 11 is 0. The fourth-order valence-corrected chi connectivity index (χ4v) is 3.50. The topological polar surface area (TPSA) is 65.7 Å². The highest BCUT2D eigenvalue weighted by molar-refractivity contribution is 6.51. The fourth-order valence-electron chi connectivity index (χ4n) is 3.50. The lowest BCUT2D eigenvalue weighted by molar-refractivity contribution is -0.148. The Hall–Kier alpha value is -3.63. The molecule has 3 rings (SSSR count). The molecule has 0 aliphatic heterocycles. The average molecular weight is 480 g/mol. The highest BCUT2D eigenvalue weighted by Gasteiger charge is 2.30. The Kier molecular flexibility index (Phi) is 6.85. The highest BCUT2D eigenvalue weighted by Crippen LogP contribution is 2.32. The lowest BCUT2D eigenvalue weighted by atomic mass is 9.62. The van der Waals surface area contributed by atoms with E-state index in [9.17, 15) is 31.5 Å². The predicted molar refractivity (Wildman–Crippen MR) is 115 cm³/mol. The van der Waals surface area contributed by atoms with Crippen LogP contribution in [0.1, 0.15) is 13.8 Å². The summed E-state index contributed by atoms with van der Waals surface area (Å²) in [6, 6.07) is 5.14. The number of rotatable bonds is 7. The molecule has 0 radical (unpaired) electrons. The first kappa shape index (κ1) is 25.0. The van der Waals surface area contributed by atoms with Crippen LogP contribution in [0.4, 0.5) is 22.0 Å². The Bertz CT molecular complexity index is 1320. The van der Waals surface area contributed by atoms with Gasteiger partial charge in [0.15, 0.2) is 23.3 Å². The van der Waals surface area contributed by atoms with Gasteiger partial charge in [-0.25, -0.2) is 31.5 Å². The molecule has 0 N–H and O–H groups in total. The molecule has 3 aromatic rings. The summed E-state index contributed by atoms with van der Waals surface area (Å²) in [4.78, 5) is 23.8. The van der Waals surface area contributed by atoms with Gasteiger partial charge in [-0.15, -0.1) is 0 Å². The van der Waals surface area contributed by atoms with Crippen LogP contribution in [0.3, 0.4) is 0 Å². The van der Waals surface area contributed by atoms with Crippen molar-refractivity contribution in [3.05, 3.63) is 76.4 Å². The van der Waals surface area contributed by atoms with E-state index in [4.69, 9.17) is 13.8 Å². The molecule has 0 amide bonds. The van der Waals surface area contributed by atoms with Crippen molar-refractivity contribution in [1.29, 1.82) is 0 Å². The zero-order valence-electron chi connectivity index (χ0n) is 18.3. The first-order valence-electron chi connectivity index (χ1n) is 9.96. The lowest BCUT2D eigenvalue weighted by Gasteiger charge is -2.26. The molecule has 0 saturated heterocycles. The maximum atomic E-state index is 14.2. The normalized spacial score (nSPS) is 11.4. The first-order chi connectivity index (χ1) is 15.8. The van der Waals surface area contributed by atoms with Gasteiger partial charge in [0.2, 0.25) is 5.82 Å². The quantitative estimate of drug-likeness (QED) is 0.0831. The molecule has 11 heteroatoms. The van der Waals surface area contributed by atoms with Gasteiger partial charge in [0.1, 0.15) is 16.9 Å². The largest absolute Gasteiger partial charge is 0.561 e. The average Bonchev–Trinajstić information content (AvgIpc) is 2.75. The molecule has 0 bridgehead atoms. The van der Waals surface area contributed by atoms with E-state index in [0.29, 0.717) is 6.32 Å². The maximum Gasteiger partial charge on any atom is 0.358 e. The maximum absolute atomic E-state index is 14.2. The van der Waals surface area contributed by atoms with Crippen LogP contribution < -0.4 is 10.3 Å². The van der Waals surface area contributed by atoms with Crippen LogP contribution in [-0.4, -0.2) is 18.5 Å². The molecule has 178 valence electrons. The third kappa shape index (κ3) is 4.98. The smallest absolute Gasteiger partial charge is 0.358 e. The Balaban J connectivity index is 1.93. The zero-order chi connectivity index (χ0) is 25.4. The van der Waals surface area contributed by atoms with Crippen molar-refractivity contribution >= 4 is 23.9 Å².